The van der Waals surface area contributed by atoms with Gasteiger partial charge in [-0.2, -0.15) is 0 Å². The van der Waals surface area contributed by atoms with E-state index in [1.54, 1.807) is 12.1 Å². The van der Waals surface area contributed by atoms with Crippen molar-refractivity contribution < 1.29 is 32.2 Å². The summed E-state index contributed by atoms with van der Waals surface area (Å²) in [6.07, 6.45) is -1.07. The third-order valence-electron chi connectivity index (χ3n) is 4.59. The normalized spacial score (nSPS) is 16.2. The van der Waals surface area contributed by atoms with E-state index in [0.717, 1.165) is 17.0 Å². The molecule has 0 aliphatic heterocycles. The summed E-state index contributed by atoms with van der Waals surface area (Å²) in [7, 11) is 0. The van der Waals surface area contributed by atoms with Gasteiger partial charge in [-0.05, 0) is 53.8 Å². The van der Waals surface area contributed by atoms with Gasteiger partial charge in [0.15, 0.2) is 17.4 Å². The number of alkyl halides is 2. The second-order valence-electron chi connectivity index (χ2n) is 6.79. The fourth-order valence-electron chi connectivity index (χ4n) is 3.21. The van der Waals surface area contributed by atoms with Crippen molar-refractivity contribution in [1.29, 1.82) is 0 Å². The molecule has 1 aliphatic rings. The summed E-state index contributed by atoms with van der Waals surface area (Å²) in [5.74, 6) is -6.68. The van der Waals surface area contributed by atoms with Gasteiger partial charge in [0.2, 0.25) is 0 Å². The van der Waals surface area contributed by atoms with Crippen LogP contribution in [0.15, 0.2) is 29.8 Å². The number of ether oxygens (including phenoxy) is 1. The topological polar surface area (TPSA) is 46.5 Å². The Balaban J connectivity index is 1.82. The maximum absolute atomic E-state index is 14.3. The lowest BCUT2D eigenvalue weighted by Gasteiger charge is -2.27. The summed E-state index contributed by atoms with van der Waals surface area (Å²) < 4.78 is 62.2. The molecule has 0 saturated heterocycles. The molecule has 0 bridgehead atoms. The van der Waals surface area contributed by atoms with E-state index in [1.165, 1.54) is 11.3 Å². The highest BCUT2D eigenvalue weighted by Gasteiger charge is 2.36. The van der Waals surface area contributed by atoms with Crippen molar-refractivity contribution in [3.05, 3.63) is 56.2 Å². The molecule has 1 aromatic carbocycles. The highest BCUT2D eigenvalue weighted by atomic mass is 35.5. The van der Waals surface area contributed by atoms with E-state index in [9.17, 15) is 22.4 Å². The molecule has 1 aliphatic carbocycles. The molecule has 2 aromatic rings. The predicted octanol–water partition coefficient (Wildman–Crippen LogP) is 6.35. The number of hydrogen-bond donors (Lipinski definition) is 1. The monoisotopic (exact) mass is 448 g/mol. The fraction of sp³-hybridized carbons (Fsp3) is 0.350. The van der Waals surface area contributed by atoms with Crippen LogP contribution in [0.25, 0.3) is 5.57 Å². The van der Waals surface area contributed by atoms with Crippen molar-refractivity contribution in [2.24, 2.45) is 0 Å². The summed E-state index contributed by atoms with van der Waals surface area (Å²) in [4.78, 5) is 11.3. The van der Waals surface area contributed by atoms with Crippen molar-refractivity contribution in [2.45, 2.75) is 38.0 Å². The van der Waals surface area contributed by atoms with E-state index in [0.29, 0.717) is 9.91 Å². The van der Waals surface area contributed by atoms with Crippen LogP contribution in [0.1, 0.15) is 36.1 Å². The number of aryl methyl sites for hydroxylation is 1. The molecule has 1 aromatic heterocycles. The van der Waals surface area contributed by atoms with Gasteiger partial charge >= 0.3 is 5.97 Å². The van der Waals surface area contributed by atoms with Gasteiger partial charge in [0, 0.05) is 24.1 Å². The van der Waals surface area contributed by atoms with Gasteiger partial charge in [-0.15, -0.1) is 11.3 Å². The van der Waals surface area contributed by atoms with Crippen LogP contribution in [-0.4, -0.2) is 23.6 Å². The first-order valence-electron chi connectivity index (χ1n) is 8.81. The molecule has 9 heteroatoms. The fourth-order valence-corrected chi connectivity index (χ4v) is 4.37. The van der Waals surface area contributed by atoms with Crippen LogP contribution in [0.2, 0.25) is 4.34 Å². The average molecular weight is 449 g/mol. The number of thiophene rings is 1. The molecule has 156 valence electrons. The van der Waals surface area contributed by atoms with Gasteiger partial charge < -0.3 is 9.84 Å². The quantitative estimate of drug-likeness (QED) is 0.502. The molecule has 1 heterocycles. The van der Waals surface area contributed by atoms with Crippen molar-refractivity contribution >= 4 is 34.5 Å². The largest absolute Gasteiger partial charge is 0.483 e. The second-order valence-corrected chi connectivity index (χ2v) is 8.50. The number of benzene rings is 1. The number of carbonyl (C=O) groups is 1. The Morgan fingerprint density at radius 2 is 1.93 bits per heavy atom. The molecule has 0 atom stereocenters. The number of carboxylic acid groups (broad SMARTS) is 1. The predicted molar refractivity (Wildman–Crippen MR) is 103 cm³/mol. The van der Waals surface area contributed by atoms with E-state index in [4.69, 9.17) is 21.4 Å². The zero-order valence-electron chi connectivity index (χ0n) is 15.1. The highest BCUT2D eigenvalue weighted by Crippen LogP contribution is 2.43. The molecule has 29 heavy (non-hydrogen) atoms. The van der Waals surface area contributed by atoms with Crippen molar-refractivity contribution in [1.82, 2.24) is 0 Å². The molecular formula is C20H17ClF4O3S. The van der Waals surface area contributed by atoms with Crippen molar-refractivity contribution in [3.8, 4) is 5.75 Å². The minimum absolute atomic E-state index is 0.0376. The third-order valence-corrected chi connectivity index (χ3v) is 5.88. The van der Waals surface area contributed by atoms with E-state index < -0.39 is 35.7 Å². The number of hydrogen-bond acceptors (Lipinski definition) is 3. The van der Waals surface area contributed by atoms with Gasteiger partial charge in [-0.25, -0.2) is 17.6 Å². The molecule has 0 fully saturated rings. The lowest BCUT2D eigenvalue weighted by molar-refractivity contribution is -0.136. The molecular weight excluding hydrogens is 432 g/mol. The van der Waals surface area contributed by atoms with Crippen LogP contribution in [0.4, 0.5) is 17.6 Å². The molecule has 1 N–H and O–H groups in total. The molecule has 0 amide bonds. The van der Waals surface area contributed by atoms with Crippen molar-refractivity contribution in [2.75, 3.05) is 6.61 Å². The van der Waals surface area contributed by atoms with E-state index in [1.807, 2.05) is 0 Å². The van der Waals surface area contributed by atoms with E-state index in [-0.39, 0.29) is 43.4 Å². The number of rotatable bonds is 7. The van der Waals surface area contributed by atoms with E-state index >= 15 is 0 Å². The van der Waals surface area contributed by atoms with E-state index in [2.05, 4.69) is 0 Å². The van der Waals surface area contributed by atoms with Gasteiger partial charge in [0.25, 0.3) is 5.92 Å². The lowest BCUT2D eigenvalue weighted by atomic mass is 9.88. The summed E-state index contributed by atoms with van der Waals surface area (Å²) >= 11 is 7.19. The molecule has 3 nitrogen and oxygen atoms in total. The molecule has 0 unspecified atom stereocenters. The first-order valence-corrected chi connectivity index (χ1v) is 10.0. The Morgan fingerprint density at radius 3 is 2.52 bits per heavy atom. The first kappa shape index (κ1) is 21.6. The molecule has 0 radical (unpaired) electrons. The summed E-state index contributed by atoms with van der Waals surface area (Å²) in [5, 5.41) is 8.67. The Morgan fingerprint density at radius 1 is 1.24 bits per heavy atom. The number of halogens is 5. The zero-order chi connectivity index (χ0) is 21.2. The van der Waals surface area contributed by atoms with Gasteiger partial charge in [0.05, 0.1) is 4.34 Å². The summed E-state index contributed by atoms with van der Waals surface area (Å²) in [6.45, 7) is -0.386. The minimum Gasteiger partial charge on any atom is -0.483 e. The molecule has 0 spiro atoms. The Labute approximate surface area is 173 Å². The maximum Gasteiger partial charge on any atom is 0.303 e. The smallest absolute Gasteiger partial charge is 0.303 e. The highest BCUT2D eigenvalue weighted by molar-refractivity contribution is 7.17. The Bertz CT molecular complexity index is 932. The summed E-state index contributed by atoms with van der Waals surface area (Å²) in [6, 6.07) is 5.37. The van der Waals surface area contributed by atoms with Crippen LogP contribution in [0, 0.1) is 11.6 Å². The van der Waals surface area contributed by atoms with Gasteiger partial charge in [-0.1, -0.05) is 11.6 Å². The van der Waals surface area contributed by atoms with Crippen LogP contribution < -0.4 is 4.74 Å². The Kier molecular flexibility index (Phi) is 6.53. The SMILES string of the molecule is O=C(O)CCc1cc(F)c(OCC2=C(c3ccc(Cl)s3)CCC(F)(F)C2)c(F)c1. The maximum atomic E-state index is 14.3. The zero-order valence-corrected chi connectivity index (χ0v) is 16.7. The Hall–Kier alpha value is -2.06. The first-order chi connectivity index (χ1) is 13.6. The summed E-state index contributed by atoms with van der Waals surface area (Å²) in [5.41, 5.74) is 1.10. The van der Waals surface area contributed by atoms with Gasteiger partial charge in [0.1, 0.15) is 6.61 Å². The van der Waals surface area contributed by atoms with Crippen LogP contribution in [0.5, 0.6) is 5.75 Å². The van der Waals surface area contributed by atoms with Crippen LogP contribution in [-0.2, 0) is 11.2 Å². The lowest BCUT2D eigenvalue weighted by Crippen LogP contribution is -2.24. The minimum atomic E-state index is -2.92. The standard InChI is InChI=1S/C20H17ClF4O3S/c21-17-3-2-16(29-17)13-5-6-20(24,25)9-12(13)10-28-19-14(22)7-11(8-15(19)23)1-4-18(26)27/h2-3,7-8H,1,4-6,9-10H2,(H,26,27). The number of carboxylic acids is 1. The van der Waals surface area contributed by atoms with Gasteiger partial charge in [-0.3, -0.25) is 4.79 Å². The number of allylic oxidation sites excluding steroid dienone is 1. The molecule has 3 rings (SSSR count). The molecule has 0 saturated carbocycles. The third kappa shape index (κ3) is 5.51. The van der Waals surface area contributed by atoms with Crippen LogP contribution in [0.3, 0.4) is 0 Å². The average Bonchev–Trinajstić information content (AvgIpc) is 3.04. The van der Waals surface area contributed by atoms with Crippen LogP contribution >= 0.6 is 22.9 Å². The second kappa shape index (κ2) is 8.75. The number of aliphatic carboxylic acids is 1. The van der Waals surface area contributed by atoms with Crippen molar-refractivity contribution in [3.63, 3.8) is 0 Å².